The molecule has 0 saturated heterocycles. The molecule has 1 aromatic carbocycles. The van der Waals surface area contributed by atoms with Gasteiger partial charge in [0.15, 0.2) is 5.69 Å². The summed E-state index contributed by atoms with van der Waals surface area (Å²) in [6, 6.07) is 4.51. The Morgan fingerprint density at radius 3 is 2.52 bits per heavy atom. The molecule has 23 heavy (non-hydrogen) atoms. The van der Waals surface area contributed by atoms with Crippen molar-refractivity contribution < 1.29 is 17.6 Å². The summed E-state index contributed by atoms with van der Waals surface area (Å²) >= 11 is 5.76. The lowest BCUT2D eigenvalue weighted by atomic mass is 10.3. The summed E-state index contributed by atoms with van der Waals surface area (Å²) in [5.74, 6) is -0.970. The zero-order valence-electron chi connectivity index (χ0n) is 11.6. The van der Waals surface area contributed by atoms with Crippen LogP contribution in [0.3, 0.4) is 0 Å². The van der Waals surface area contributed by atoms with E-state index in [0.717, 1.165) is 25.0 Å². The molecule has 0 atom stereocenters. The summed E-state index contributed by atoms with van der Waals surface area (Å²) in [5.41, 5.74) is -1.18. The van der Waals surface area contributed by atoms with Gasteiger partial charge in [-0.3, -0.25) is 0 Å². The van der Waals surface area contributed by atoms with Gasteiger partial charge in [0.05, 0.1) is 5.69 Å². The first-order chi connectivity index (χ1) is 10.8. The first kappa shape index (κ1) is 15.8. The molecule has 122 valence electrons. The highest BCUT2D eigenvalue weighted by Gasteiger charge is 2.34. The van der Waals surface area contributed by atoms with Gasteiger partial charge in [-0.2, -0.15) is 18.2 Å². The molecule has 0 bridgehead atoms. The molecule has 1 saturated carbocycles. The predicted molar refractivity (Wildman–Crippen MR) is 78.4 cm³/mol. The number of benzene rings is 1. The Labute approximate surface area is 133 Å². The zero-order chi connectivity index (χ0) is 16.6. The second-order valence-electron chi connectivity index (χ2n) is 5.13. The van der Waals surface area contributed by atoms with Gasteiger partial charge in [-0.1, -0.05) is 11.6 Å². The van der Waals surface area contributed by atoms with Crippen molar-refractivity contribution in [2.45, 2.75) is 25.1 Å². The number of alkyl halides is 3. The van der Waals surface area contributed by atoms with Gasteiger partial charge in [-0.25, -0.2) is 9.37 Å². The van der Waals surface area contributed by atoms with Crippen LogP contribution < -0.4 is 10.6 Å². The van der Waals surface area contributed by atoms with Crippen LogP contribution in [0.15, 0.2) is 24.3 Å². The van der Waals surface area contributed by atoms with Crippen LogP contribution in [-0.4, -0.2) is 16.0 Å². The Bertz CT molecular complexity index is 731. The quantitative estimate of drug-likeness (QED) is 0.794. The van der Waals surface area contributed by atoms with E-state index in [1.165, 1.54) is 12.1 Å². The highest BCUT2D eigenvalue weighted by Crippen LogP contribution is 2.32. The molecule has 1 aliphatic carbocycles. The summed E-state index contributed by atoms with van der Waals surface area (Å²) in [6.07, 6.45) is -2.93. The molecule has 0 radical (unpaired) electrons. The van der Waals surface area contributed by atoms with Crippen LogP contribution in [0, 0.1) is 5.82 Å². The van der Waals surface area contributed by atoms with Gasteiger partial charge in [-0.15, -0.1) is 0 Å². The number of aromatic nitrogens is 2. The molecular weight excluding hydrogens is 336 g/mol. The summed E-state index contributed by atoms with van der Waals surface area (Å²) in [5, 5.41) is 5.55. The average Bonchev–Trinajstić information content (AvgIpc) is 3.26. The standard InChI is InChI=1S/C14H11ClF4N4/c15-7-1-4-9(16)10(5-7)21-12-6-11(14(17,18)19)22-13(23-12)20-8-2-3-8/h1,4-6,8H,2-3H2,(H2,20,21,22,23). The minimum Gasteiger partial charge on any atom is -0.351 e. The number of nitrogens with zero attached hydrogens (tertiary/aromatic N) is 2. The molecule has 1 heterocycles. The maximum Gasteiger partial charge on any atom is 0.433 e. The minimum atomic E-state index is -4.63. The van der Waals surface area contributed by atoms with Crippen LogP contribution in [0.4, 0.5) is 35.0 Å². The van der Waals surface area contributed by atoms with Crippen LogP contribution in [0.5, 0.6) is 0 Å². The van der Waals surface area contributed by atoms with Gasteiger partial charge in [0.1, 0.15) is 11.6 Å². The highest BCUT2D eigenvalue weighted by atomic mass is 35.5. The van der Waals surface area contributed by atoms with E-state index < -0.39 is 17.7 Å². The molecular formula is C14H11ClF4N4. The molecule has 9 heteroatoms. The van der Waals surface area contributed by atoms with Crippen LogP contribution in [-0.2, 0) is 6.18 Å². The van der Waals surface area contributed by atoms with Crippen LogP contribution in [0.25, 0.3) is 0 Å². The second kappa shape index (κ2) is 5.84. The van der Waals surface area contributed by atoms with E-state index in [-0.39, 0.29) is 28.5 Å². The molecule has 0 unspecified atom stereocenters. The first-order valence-corrected chi connectivity index (χ1v) is 7.14. The summed E-state index contributed by atoms with van der Waals surface area (Å²) in [4.78, 5) is 7.41. The topological polar surface area (TPSA) is 49.8 Å². The molecule has 1 fully saturated rings. The third kappa shape index (κ3) is 4.01. The minimum absolute atomic E-state index is 0.0679. The molecule has 4 nitrogen and oxygen atoms in total. The SMILES string of the molecule is Fc1ccc(Cl)cc1Nc1cc(C(F)(F)F)nc(NC2CC2)n1. The molecule has 3 rings (SSSR count). The number of rotatable bonds is 4. The van der Waals surface area contributed by atoms with Gasteiger partial charge < -0.3 is 10.6 Å². The van der Waals surface area contributed by atoms with Crippen molar-refractivity contribution in [2.24, 2.45) is 0 Å². The Morgan fingerprint density at radius 2 is 1.87 bits per heavy atom. The van der Waals surface area contributed by atoms with Crippen molar-refractivity contribution in [3.8, 4) is 0 Å². The number of nitrogens with one attached hydrogen (secondary N) is 2. The number of halogens is 5. The third-order valence-corrected chi connectivity index (χ3v) is 3.35. The van der Waals surface area contributed by atoms with E-state index in [4.69, 9.17) is 11.6 Å². The highest BCUT2D eigenvalue weighted by molar-refractivity contribution is 6.30. The molecule has 2 N–H and O–H groups in total. The van der Waals surface area contributed by atoms with Crippen molar-refractivity contribution in [1.82, 2.24) is 9.97 Å². The van der Waals surface area contributed by atoms with E-state index >= 15 is 0 Å². The van der Waals surface area contributed by atoms with Gasteiger partial charge in [0.25, 0.3) is 0 Å². The smallest absolute Gasteiger partial charge is 0.351 e. The second-order valence-corrected chi connectivity index (χ2v) is 5.56. The fourth-order valence-electron chi connectivity index (χ4n) is 1.86. The Morgan fingerprint density at radius 1 is 1.13 bits per heavy atom. The van der Waals surface area contributed by atoms with E-state index in [2.05, 4.69) is 20.6 Å². The van der Waals surface area contributed by atoms with Crippen molar-refractivity contribution in [2.75, 3.05) is 10.6 Å². The number of hydrogen-bond acceptors (Lipinski definition) is 4. The monoisotopic (exact) mass is 346 g/mol. The molecule has 2 aromatic rings. The predicted octanol–water partition coefficient (Wildman–Crippen LogP) is 4.61. The number of hydrogen-bond donors (Lipinski definition) is 2. The van der Waals surface area contributed by atoms with E-state index in [0.29, 0.717) is 0 Å². The van der Waals surface area contributed by atoms with Crippen molar-refractivity contribution in [3.05, 3.63) is 40.8 Å². The third-order valence-electron chi connectivity index (χ3n) is 3.12. The largest absolute Gasteiger partial charge is 0.433 e. The van der Waals surface area contributed by atoms with Crippen LogP contribution in [0.2, 0.25) is 5.02 Å². The van der Waals surface area contributed by atoms with E-state index in [1.807, 2.05) is 0 Å². The summed E-state index contributed by atoms with van der Waals surface area (Å²) < 4.78 is 52.5. The molecule has 1 aliphatic rings. The lowest BCUT2D eigenvalue weighted by Crippen LogP contribution is -2.14. The first-order valence-electron chi connectivity index (χ1n) is 6.76. The maximum absolute atomic E-state index is 13.7. The van der Waals surface area contributed by atoms with Gasteiger partial charge in [0, 0.05) is 17.1 Å². The van der Waals surface area contributed by atoms with Crippen LogP contribution in [0.1, 0.15) is 18.5 Å². The van der Waals surface area contributed by atoms with Crippen molar-refractivity contribution in [1.29, 1.82) is 0 Å². The lowest BCUT2D eigenvalue weighted by molar-refractivity contribution is -0.141. The maximum atomic E-state index is 13.7. The lowest BCUT2D eigenvalue weighted by Gasteiger charge is -2.13. The Kier molecular flexibility index (Phi) is 4.01. The molecule has 1 aromatic heterocycles. The van der Waals surface area contributed by atoms with Crippen molar-refractivity contribution in [3.63, 3.8) is 0 Å². The molecule has 0 spiro atoms. The summed E-state index contributed by atoms with van der Waals surface area (Å²) in [7, 11) is 0. The van der Waals surface area contributed by atoms with E-state index in [9.17, 15) is 17.6 Å². The zero-order valence-corrected chi connectivity index (χ0v) is 12.3. The normalized spacial score (nSPS) is 14.7. The van der Waals surface area contributed by atoms with Crippen molar-refractivity contribution >= 4 is 29.1 Å². The Hall–Kier alpha value is -2.09. The van der Waals surface area contributed by atoms with Gasteiger partial charge in [0.2, 0.25) is 5.95 Å². The fraction of sp³-hybridized carbons (Fsp3) is 0.286. The fourth-order valence-corrected chi connectivity index (χ4v) is 2.03. The summed E-state index contributed by atoms with van der Waals surface area (Å²) in [6.45, 7) is 0. The Balaban J connectivity index is 1.94. The van der Waals surface area contributed by atoms with E-state index in [1.54, 1.807) is 0 Å². The number of anilines is 3. The average molecular weight is 347 g/mol. The van der Waals surface area contributed by atoms with Gasteiger partial charge in [-0.05, 0) is 31.0 Å². The van der Waals surface area contributed by atoms with Gasteiger partial charge >= 0.3 is 6.18 Å². The molecule has 0 aliphatic heterocycles. The van der Waals surface area contributed by atoms with Crippen LogP contribution >= 0.6 is 11.6 Å². The molecule has 0 amide bonds.